The Hall–Kier alpha value is -2.39. The number of carbonyl (C=O) groups is 3. The maximum atomic E-state index is 13.0. The number of anilines is 1. The Morgan fingerprint density at radius 1 is 1.17 bits per heavy atom. The number of carboxylic acids is 1. The first-order valence-electron chi connectivity index (χ1n) is 9.99. The molecule has 9 heteroatoms. The Labute approximate surface area is 183 Å². The van der Waals surface area contributed by atoms with Gasteiger partial charge in [0.25, 0.3) is 0 Å². The van der Waals surface area contributed by atoms with Gasteiger partial charge >= 0.3 is 12.0 Å². The number of Topliss-reactive ketones (excluding diaryl/α,β-unsaturated/α-hetero) is 1. The van der Waals surface area contributed by atoms with Gasteiger partial charge in [-0.25, -0.2) is 9.78 Å². The molecule has 1 aliphatic carbocycles. The average Bonchev–Trinajstić information content (AvgIpc) is 3.21. The number of amides is 2. The van der Waals surface area contributed by atoms with Crippen LogP contribution in [0.1, 0.15) is 48.9 Å². The molecule has 1 heterocycles. The van der Waals surface area contributed by atoms with E-state index < -0.39 is 5.97 Å². The third kappa shape index (κ3) is 6.56. The van der Waals surface area contributed by atoms with E-state index in [4.69, 9.17) is 5.11 Å². The fourth-order valence-corrected chi connectivity index (χ4v) is 5.10. The fraction of sp³-hybridized carbons (Fsp3) is 0.429. The summed E-state index contributed by atoms with van der Waals surface area (Å²) in [6.45, 7) is 0.357. The van der Waals surface area contributed by atoms with Crippen LogP contribution in [-0.2, 0) is 4.79 Å². The van der Waals surface area contributed by atoms with Gasteiger partial charge in [-0.15, -0.1) is 11.8 Å². The van der Waals surface area contributed by atoms with Gasteiger partial charge in [0.05, 0.1) is 16.2 Å². The Morgan fingerprint density at radius 3 is 2.60 bits per heavy atom. The minimum atomic E-state index is -0.898. The van der Waals surface area contributed by atoms with Crippen molar-refractivity contribution in [2.75, 3.05) is 17.6 Å². The molecule has 7 nitrogen and oxygen atoms in total. The molecule has 0 radical (unpaired) electrons. The molecular formula is C21H25N3O4S2. The molecule has 1 fully saturated rings. The molecule has 0 aliphatic heterocycles. The molecule has 1 aromatic carbocycles. The lowest BCUT2D eigenvalue weighted by molar-refractivity contribution is -0.133. The molecule has 0 spiro atoms. The topological polar surface area (TPSA) is 99.6 Å². The van der Waals surface area contributed by atoms with Gasteiger partial charge in [0.1, 0.15) is 0 Å². The van der Waals surface area contributed by atoms with Crippen LogP contribution in [-0.4, -0.2) is 51.1 Å². The number of carbonyl (C=O) groups excluding carboxylic acids is 2. The highest BCUT2D eigenvalue weighted by molar-refractivity contribution is 8.01. The van der Waals surface area contributed by atoms with E-state index in [1.54, 1.807) is 23.2 Å². The van der Waals surface area contributed by atoms with Gasteiger partial charge in [0.2, 0.25) is 0 Å². The normalized spacial score (nSPS) is 14.3. The van der Waals surface area contributed by atoms with E-state index in [0.29, 0.717) is 17.2 Å². The van der Waals surface area contributed by atoms with Gasteiger partial charge in [-0.05, 0) is 12.8 Å². The lowest BCUT2D eigenvalue weighted by atomic mass is 9.94. The lowest BCUT2D eigenvalue weighted by Crippen LogP contribution is -2.44. The number of hydrogen-bond acceptors (Lipinski definition) is 6. The van der Waals surface area contributed by atoms with Gasteiger partial charge in [-0.2, -0.15) is 0 Å². The number of aromatic nitrogens is 1. The maximum absolute atomic E-state index is 13.0. The average molecular weight is 448 g/mol. The van der Waals surface area contributed by atoms with Crippen LogP contribution in [0.3, 0.4) is 0 Å². The van der Waals surface area contributed by atoms with E-state index in [2.05, 4.69) is 10.3 Å². The number of rotatable bonds is 9. The first-order valence-corrected chi connectivity index (χ1v) is 11.8. The number of nitrogens with one attached hydrogen (secondary N) is 1. The molecular weight excluding hydrogens is 422 g/mol. The van der Waals surface area contributed by atoms with Crippen LogP contribution in [0.25, 0.3) is 0 Å². The smallest absolute Gasteiger partial charge is 0.323 e. The van der Waals surface area contributed by atoms with E-state index in [1.165, 1.54) is 29.5 Å². The van der Waals surface area contributed by atoms with Gasteiger partial charge in [-0.3, -0.25) is 14.9 Å². The van der Waals surface area contributed by atoms with E-state index in [0.717, 1.165) is 29.9 Å². The molecule has 3 rings (SSSR count). The zero-order valence-electron chi connectivity index (χ0n) is 16.6. The molecule has 2 N–H and O–H groups in total. The number of aliphatic carboxylic acids is 1. The fourth-order valence-electron chi connectivity index (χ4n) is 3.51. The monoisotopic (exact) mass is 447 g/mol. The van der Waals surface area contributed by atoms with E-state index in [-0.39, 0.29) is 30.0 Å². The van der Waals surface area contributed by atoms with Crippen LogP contribution in [0.2, 0.25) is 0 Å². The van der Waals surface area contributed by atoms with Crippen LogP contribution in [0.15, 0.2) is 40.7 Å². The molecule has 1 saturated carbocycles. The highest BCUT2D eigenvalue weighted by Crippen LogP contribution is 2.29. The molecule has 1 aromatic heterocycles. The number of carboxylic acid groups (broad SMARTS) is 1. The second-order valence-corrected chi connectivity index (χ2v) is 9.43. The second kappa shape index (κ2) is 11.1. The van der Waals surface area contributed by atoms with Crippen molar-refractivity contribution in [2.24, 2.45) is 0 Å². The van der Waals surface area contributed by atoms with Gasteiger partial charge in [0, 0.05) is 24.6 Å². The summed E-state index contributed by atoms with van der Waals surface area (Å²) < 4.78 is 0.733. The molecule has 1 aliphatic rings. The summed E-state index contributed by atoms with van der Waals surface area (Å²) in [6.07, 6.45) is 7.03. The Morgan fingerprint density at radius 2 is 1.90 bits per heavy atom. The van der Waals surface area contributed by atoms with Crippen LogP contribution < -0.4 is 5.32 Å². The summed E-state index contributed by atoms with van der Waals surface area (Å²) in [5.41, 5.74) is 0.654. The third-order valence-corrected chi connectivity index (χ3v) is 7.08. The summed E-state index contributed by atoms with van der Waals surface area (Å²) in [5.74, 6) is -0.929. The summed E-state index contributed by atoms with van der Waals surface area (Å²) in [4.78, 5) is 42.2. The van der Waals surface area contributed by atoms with Gasteiger partial charge < -0.3 is 10.0 Å². The summed E-state index contributed by atoms with van der Waals surface area (Å²) in [6, 6.07) is 8.98. The Balaban J connectivity index is 1.63. The van der Waals surface area contributed by atoms with E-state index in [1.807, 2.05) is 18.2 Å². The molecule has 0 bridgehead atoms. The maximum Gasteiger partial charge on any atom is 0.323 e. The van der Waals surface area contributed by atoms with Crippen LogP contribution in [0.4, 0.5) is 9.93 Å². The number of thiazole rings is 1. The highest BCUT2D eigenvalue weighted by Gasteiger charge is 2.26. The summed E-state index contributed by atoms with van der Waals surface area (Å²) in [5, 5.41) is 12.1. The lowest BCUT2D eigenvalue weighted by Gasteiger charge is -2.34. The number of nitrogens with zero attached hydrogens (tertiary/aromatic N) is 2. The number of ketones is 1. The second-order valence-electron chi connectivity index (χ2n) is 7.12. The predicted molar refractivity (Wildman–Crippen MR) is 118 cm³/mol. The van der Waals surface area contributed by atoms with Crippen molar-refractivity contribution >= 4 is 46.0 Å². The number of thioether (sulfide) groups is 1. The summed E-state index contributed by atoms with van der Waals surface area (Å²) >= 11 is 2.42. The molecule has 30 heavy (non-hydrogen) atoms. The van der Waals surface area contributed by atoms with Gasteiger partial charge in [0.15, 0.2) is 10.9 Å². The zero-order chi connectivity index (χ0) is 21.3. The molecule has 0 saturated heterocycles. The number of urea groups is 1. The van der Waals surface area contributed by atoms with E-state index in [9.17, 15) is 14.4 Å². The standard InChI is InChI=1S/C21H25N3O4S2/c25-17(15-7-3-1-4-8-15)11-12-24(16-9-5-2-6-10-16)21(28)23-20-22-13-19(30-20)29-14-18(26)27/h1,3-4,7-8,13,16H,2,5-6,9-12,14H2,(H,26,27)(H,22,23,28). The minimum absolute atomic E-state index is 0.0193. The highest BCUT2D eigenvalue weighted by atomic mass is 32.2. The minimum Gasteiger partial charge on any atom is -0.481 e. The quantitative estimate of drug-likeness (QED) is 0.425. The largest absolute Gasteiger partial charge is 0.481 e. The zero-order valence-corrected chi connectivity index (χ0v) is 18.2. The molecule has 0 unspecified atom stereocenters. The third-order valence-electron chi connectivity index (χ3n) is 4.99. The molecule has 0 atom stereocenters. The van der Waals surface area contributed by atoms with Crippen LogP contribution >= 0.6 is 23.1 Å². The Bertz CT molecular complexity index is 866. The first-order chi connectivity index (χ1) is 14.5. The molecule has 160 valence electrons. The van der Waals surface area contributed by atoms with Gasteiger partial charge in [-0.1, -0.05) is 60.9 Å². The van der Waals surface area contributed by atoms with Crippen molar-refractivity contribution in [3.05, 3.63) is 42.1 Å². The first kappa shape index (κ1) is 22.3. The molecule has 2 amide bonds. The van der Waals surface area contributed by atoms with E-state index >= 15 is 0 Å². The SMILES string of the molecule is O=C(O)CSc1cnc(NC(=O)N(CCC(=O)c2ccccc2)C2CCCCC2)s1. The summed E-state index contributed by atoms with van der Waals surface area (Å²) in [7, 11) is 0. The van der Waals surface area contributed by atoms with Crippen molar-refractivity contribution in [1.82, 2.24) is 9.88 Å². The van der Waals surface area contributed by atoms with Crippen LogP contribution in [0, 0.1) is 0 Å². The van der Waals surface area contributed by atoms with Crippen molar-refractivity contribution in [3.8, 4) is 0 Å². The van der Waals surface area contributed by atoms with Crippen molar-refractivity contribution in [1.29, 1.82) is 0 Å². The number of benzene rings is 1. The van der Waals surface area contributed by atoms with Crippen molar-refractivity contribution in [3.63, 3.8) is 0 Å². The predicted octanol–water partition coefficient (Wildman–Crippen LogP) is 4.76. The van der Waals surface area contributed by atoms with Crippen LogP contribution in [0.5, 0.6) is 0 Å². The van der Waals surface area contributed by atoms with Crippen molar-refractivity contribution in [2.45, 2.75) is 48.8 Å². The van der Waals surface area contributed by atoms with Crippen molar-refractivity contribution < 1.29 is 19.5 Å². The Kier molecular flexibility index (Phi) is 8.27. The number of hydrogen-bond donors (Lipinski definition) is 2. The molecule has 2 aromatic rings.